The van der Waals surface area contributed by atoms with Crippen LogP contribution in [-0.4, -0.2) is 65.0 Å². The summed E-state index contributed by atoms with van der Waals surface area (Å²) in [7, 11) is 0. The molecule has 0 atom stereocenters. The molecule has 0 amide bonds. The first-order valence-corrected chi connectivity index (χ1v) is 8.67. The molecule has 6 nitrogen and oxygen atoms in total. The van der Waals surface area contributed by atoms with Gasteiger partial charge in [-0.15, -0.1) is 0 Å². The Morgan fingerprint density at radius 3 is 2.50 bits per heavy atom. The van der Waals surface area contributed by atoms with E-state index in [1.807, 2.05) is 0 Å². The Labute approximate surface area is 150 Å². The lowest BCUT2D eigenvalue weighted by molar-refractivity contribution is -0.192. The zero-order chi connectivity index (χ0) is 19.2. The maximum absolute atomic E-state index is 10.6. The average Bonchev–Trinajstić information content (AvgIpc) is 2.79. The number of fused-ring (bicyclic) bond motifs is 1. The molecule has 1 aromatic heterocycles. The summed E-state index contributed by atoms with van der Waals surface area (Å²) >= 11 is 0. The molecule has 0 unspecified atom stereocenters. The van der Waals surface area contributed by atoms with Gasteiger partial charge in [-0.05, 0) is 37.7 Å². The van der Waals surface area contributed by atoms with Crippen LogP contribution in [0.1, 0.15) is 29.8 Å². The van der Waals surface area contributed by atoms with E-state index in [0.29, 0.717) is 0 Å². The van der Waals surface area contributed by atoms with Crippen LogP contribution in [0.5, 0.6) is 0 Å². The summed E-state index contributed by atoms with van der Waals surface area (Å²) in [5, 5.41) is 7.12. The average molecular weight is 375 g/mol. The summed E-state index contributed by atoms with van der Waals surface area (Å²) in [4.78, 5) is 20.3. The van der Waals surface area contributed by atoms with Crippen LogP contribution < -0.4 is 0 Å². The Balaban J connectivity index is 0.000000298. The van der Waals surface area contributed by atoms with Crippen molar-refractivity contribution in [3.8, 4) is 0 Å². The number of aryl methyl sites for hydroxylation is 1. The van der Waals surface area contributed by atoms with Crippen LogP contribution in [0.4, 0.5) is 13.2 Å². The minimum atomic E-state index is -5.08. The van der Waals surface area contributed by atoms with Crippen molar-refractivity contribution in [2.45, 2.75) is 38.8 Å². The second-order valence-electron chi connectivity index (χ2n) is 6.54. The molecule has 0 spiro atoms. The lowest BCUT2D eigenvalue weighted by Crippen LogP contribution is -2.34. The minimum absolute atomic E-state index is 0.821. The fourth-order valence-electron chi connectivity index (χ4n) is 3.21. The molecule has 0 bridgehead atoms. The molecule has 2 aliphatic rings. The first kappa shape index (κ1) is 20.6. The molecule has 0 aromatic carbocycles. The Kier molecular flexibility index (Phi) is 7.33. The Morgan fingerprint density at radius 1 is 1.27 bits per heavy atom. The van der Waals surface area contributed by atoms with Gasteiger partial charge in [-0.25, -0.2) is 14.8 Å². The van der Waals surface area contributed by atoms with E-state index < -0.39 is 12.1 Å². The molecule has 1 N–H and O–H groups in total. The molecule has 0 saturated carbocycles. The number of rotatable bonds is 2. The number of nitrogens with zero attached hydrogens (tertiary/aromatic N) is 3. The van der Waals surface area contributed by atoms with Crippen molar-refractivity contribution in [3.05, 3.63) is 23.3 Å². The smallest absolute Gasteiger partial charge is 0.475 e. The predicted molar refractivity (Wildman–Crippen MR) is 87.9 cm³/mol. The Hall–Kier alpha value is -1.74. The lowest BCUT2D eigenvalue weighted by atomic mass is 9.99. The zero-order valence-corrected chi connectivity index (χ0v) is 14.8. The molecular weight excluding hydrogens is 351 g/mol. The number of halogens is 3. The summed E-state index contributed by atoms with van der Waals surface area (Å²) in [6.45, 7) is 7.52. The minimum Gasteiger partial charge on any atom is -0.475 e. The second-order valence-corrected chi connectivity index (χ2v) is 6.54. The fourth-order valence-corrected chi connectivity index (χ4v) is 3.21. The first-order valence-electron chi connectivity index (χ1n) is 8.67. The molecule has 1 saturated heterocycles. The zero-order valence-electron chi connectivity index (χ0n) is 14.8. The third kappa shape index (κ3) is 6.21. The van der Waals surface area contributed by atoms with E-state index in [9.17, 15) is 13.2 Å². The highest BCUT2D eigenvalue weighted by Crippen LogP contribution is 2.20. The maximum Gasteiger partial charge on any atom is 0.490 e. The molecule has 0 radical (unpaired) electrons. The van der Waals surface area contributed by atoms with Crippen molar-refractivity contribution in [2.75, 3.05) is 32.8 Å². The molecular formula is C17H24F3N3O3. The molecule has 1 fully saturated rings. The van der Waals surface area contributed by atoms with Crippen LogP contribution >= 0.6 is 0 Å². The number of carboxylic acids is 1. The number of ether oxygens (including phenoxy) is 1. The topological polar surface area (TPSA) is 75.5 Å². The SMILES string of the molecule is Cc1ncnc2c1CCN(CC1CCOCC1)CC2.O=C(O)C(F)(F)F. The first-order chi connectivity index (χ1) is 12.3. The molecule has 1 aromatic rings. The van der Waals surface area contributed by atoms with Crippen LogP contribution in [0.15, 0.2) is 6.33 Å². The largest absolute Gasteiger partial charge is 0.490 e. The molecule has 3 heterocycles. The number of carbonyl (C=O) groups is 1. The van der Waals surface area contributed by atoms with Gasteiger partial charge in [-0.3, -0.25) is 0 Å². The molecule has 2 aliphatic heterocycles. The molecule has 3 rings (SSSR count). The van der Waals surface area contributed by atoms with E-state index in [-0.39, 0.29) is 0 Å². The highest BCUT2D eigenvalue weighted by Gasteiger charge is 2.38. The van der Waals surface area contributed by atoms with E-state index in [1.165, 1.54) is 30.6 Å². The normalized spacial score (nSPS) is 19.1. The third-order valence-electron chi connectivity index (χ3n) is 4.69. The summed E-state index contributed by atoms with van der Waals surface area (Å²) in [5.74, 6) is -1.94. The number of aromatic nitrogens is 2. The maximum atomic E-state index is 10.6. The fraction of sp³-hybridized carbons (Fsp3) is 0.706. The van der Waals surface area contributed by atoms with Crippen LogP contribution in [-0.2, 0) is 22.4 Å². The van der Waals surface area contributed by atoms with Crippen LogP contribution in [0, 0.1) is 12.8 Å². The lowest BCUT2D eigenvalue weighted by Gasteiger charge is -2.28. The quantitative estimate of drug-likeness (QED) is 0.855. The van der Waals surface area contributed by atoms with Gasteiger partial charge in [0.1, 0.15) is 6.33 Å². The van der Waals surface area contributed by atoms with Crippen molar-refractivity contribution >= 4 is 5.97 Å². The van der Waals surface area contributed by atoms with Gasteiger partial charge in [0.25, 0.3) is 0 Å². The van der Waals surface area contributed by atoms with Gasteiger partial charge in [0.15, 0.2) is 0 Å². The molecule has 0 aliphatic carbocycles. The third-order valence-corrected chi connectivity index (χ3v) is 4.69. The van der Waals surface area contributed by atoms with Gasteiger partial charge in [0, 0.05) is 50.7 Å². The highest BCUT2D eigenvalue weighted by molar-refractivity contribution is 5.73. The van der Waals surface area contributed by atoms with Gasteiger partial charge in [-0.2, -0.15) is 13.2 Å². The van der Waals surface area contributed by atoms with Crippen molar-refractivity contribution < 1.29 is 27.8 Å². The molecule has 9 heteroatoms. The van der Waals surface area contributed by atoms with E-state index in [4.69, 9.17) is 14.6 Å². The summed E-state index contributed by atoms with van der Waals surface area (Å²) in [6.07, 6.45) is 1.25. The highest BCUT2D eigenvalue weighted by atomic mass is 19.4. The number of aliphatic carboxylic acids is 1. The van der Waals surface area contributed by atoms with Crippen molar-refractivity contribution in [3.63, 3.8) is 0 Å². The standard InChI is InChI=1S/C15H23N3O.C2HF3O2/c1-12-14-2-6-18(7-3-15(14)17-11-16-12)10-13-4-8-19-9-5-13;3-2(4,5)1(6)7/h11,13H,2-10H2,1H3;(H,6,7). The predicted octanol–water partition coefficient (Wildman–Crippen LogP) is 2.25. The van der Waals surface area contributed by atoms with E-state index in [2.05, 4.69) is 21.8 Å². The van der Waals surface area contributed by atoms with Crippen LogP contribution in [0.3, 0.4) is 0 Å². The number of hydrogen-bond acceptors (Lipinski definition) is 5. The number of hydrogen-bond donors (Lipinski definition) is 1. The van der Waals surface area contributed by atoms with E-state index in [0.717, 1.165) is 50.8 Å². The van der Waals surface area contributed by atoms with Gasteiger partial charge in [-0.1, -0.05) is 0 Å². The van der Waals surface area contributed by atoms with Crippen molar-refractivity contribution in [2.24, 2.45) is 5.92 Å². The van der Waals surface area contributed by atoms with Gasteiger partial charge in [0.2, 0.25) is 0 Å². The summed E-state index contributed by atoms with van der Waals surface area (Å²) < 4.78 is 37.2. The van der Waals surface area contributed by atoms with Gasteiger partial charge in [0.05, 0.1) is 0 Å². The van der Waals surface area contributed by atoms with E-state index >= 15 is 0 Å². The Morgan fingerprint density at radius 2 is 1.88 bits per heavy atom. The second kappa shape index (κ2) is 9.27. The van der Waals surface area contributed by atoms with Crippen LogP contribution in [0.25, 0.3) is 0 Å². The monoisotopic (exact) mass is 375 g/mol. The number of carboxylic acid groups (broad SMARTS) is 1. The van der Waals surface area contributed by atoms with Gasteiger partial charge >= 0.3 is 12.1 Å². The van der Waals surface area contributed by atoms with Crippen LogP contribution in [0.2, 0.25) is 0 Å². The summed E-state index contributed by atoms with van der Waals surface area (Å²) in [5.41, 5.74) is 3.82. The summed E-state index contributed by atoms with van der Waals surface area (Å²) in [6, 6.07) is 0. The number of alkyl halides is 3. The molecule has 26 heavy (non-hydrogen) atoms. The molecule has 146 valence electrons. The van der Waals surface area contributed by atoms with Crippen molar-refractivity contribution in [1.29, 1.82) is 0 Å². The van der Waals surface area contributed by atoms with Gasteiger partial charge < -0.3 is 14.7 Å². The Bertz CT molecular complexity index is 605. The van der Waals surface area contributed by atoms with Crippen molar-refractivity contribution in [1.82, 2.24) is 14.9 Å². The van der Waals surface area contributed by atoms with E-state index in [1.54, 1.807) is 6.33 Å².